The number of amides is 1. The Balaban J connectivity index is 2.19. The Morgan fingerprint density at radius 2 is 2.17 bits per heavy atom. The molecule has 0 radical (unpaired) electrons. The molecule has 5 nitrogen and oxygen atoms in total. The highest BCUT2D eigenvalue weighted by molar-refractivity contribution is 5.69. The Bertz CT molecular complexity index is 570. The van der Waals surface area contributed by atoms with Gasteiger partial charge in [-0.25, -0.2) is 9.18 Å². The summed E-state index contributed by atoms with van der Waals surface area (Å²) in [6, 6.07) is 3.95. The van der Waals surface area contributed by atoms with Crippen LogP contribution in [0.3, 0.4) is 0 Å². The Morgan fingerprint density at radius 1 is 1.48 bits per heavy atom. The van der Waals surface area contributed by atoms with Gasteiger partial charge in [0.25, 0.3) is 0 Å². The fraction of sp³-hybridized carbons (Fsp3) is 0.588. The van der Waals surface area contributed by atoms with Crippen molar-refractivity contribution in [2.24, 2.45) is 0 Å². The molecule has 0 bridgehead atoms. The molecule has 1 fully saturated rings. The summed E-state index contributed by atoms with van der Waals surface area (Å²) < 4.78 is 24.5. The van der Waals surface area contributed by atoms with Gasteiger partial charge in [0, 0.05) is 6.54 Å². The highest BCUT2D eigenvalue weighted by atomic mass is 19.1. The zero-order chi connectivity index (χ0) is 17.2. The predicted octanol–water partition coefficient (Wildman–Crippen LogP) is 2.80. The average Bonchev–Trinajstić information content (AvgIpc) is 2.47. The van der Waals surface area contributed by atoms with Crippen molar-refractivity contribution in [1.82, 2.24) is 4.90 Å². The van der Waals surface area contributed by atoms with Gasteiger partial charge in [-0.3, -0.25) is 4.90 Å². The van der Waals surface area contributed by atoms with Crippen LogP contribution < -0.4 is 0 Å². The topological polar surface area (TPSA) is 59.0 Å². The van der Waals surface area contributed by atoms with Crippen LogP contribution in [0.5, 0.6) is 0 Å². The summed E-state index contributed by atoms with van der Waals surface area (Å²) in [5.41, 5.74) is 0.294. The highest BCUT2D eigenvalue weighted by Gasteiger charge is 2.36. The van der Waals surface area contributed by atoms with Crippen molar-refractivity contribution in [3.05, 3.63) is 35.1 Å². The third kappa shape index (κ3) is 4.42. The molecule has 0 spiro atoms. The van der Waals surface area contributed by atoms with Crippen molar-refractivity contribution in [1.29, 1.82) is 0 Å². The molecule has 6 heteroatoms. The summed E-state index contributed by atoms with van der Waals surface area (Å²) in [5, 5.41) is 10.6. The second-order valence-corrected chi connectivity index (χ2v) is 6.77. The van der Waals surface area contributed by atoms with Gasteiger partial charge in [0.05, 0.1) is 19.3 Å². The molecule has 1 amide bonds. The first-order valence-electron chi connectivity index (χ1n) is 7.70. The van der Waals surface area contributed by atoms with E-state index in [0.717, 1.165) is 0 Å². The zero-order valence-corrected chi connectivity index (χ0v) is 14.0. The lowest BCUT2D eigenvalue weighted by atomic mass is 9.99. The van der Waals surface area contributed by atoms with Crippen LogP contribution in [-0.4, -0.2) is 47.5 Å². The quantitative estimate of drug-likeness (QED) is 0.908. The van der Waals surface area contributed by atoms with Crippen LogP contribution >= 0.6 is 0 Å². The predicted molar refractivity (Wildman–Crippen MR) is 83.6 cm³/mol. The van der Waals surface area contributed by atoms with Crippen molar-refractivity contribution in [3.63, 3.8) is 0 Å². The number of aryl methyl sites for hydroxylation is 1. The number of hydrogen-bond acceptors (Lipinski definition) is 4. The zero-order valence-electron chi connectivity index (χ0n) is 14.0. The third-order valence-electron chi connectivity index (χ3n) is 3.70. The number of rotatable bonds is 2. The molecule has 2 atom stereocenters. The summed E-state index contributed by atoms with van der Waals surface area (Å²) in [6.07, 6.45) is -1.55. The van der Waals surface area contributed by atoms with Gasteiger partial charge < -0.3 is 14.6 Å². The van der Waals surface area contributed by atoms with Crippen LogP contribution in [0.2, 0.25) is 0 Å². The minimum Gasteiger partial charge on any atom is -0.444 e. The number of benzene rings is 1. The van der Waals surface area contributed by atoms with E-state index < -0.39 is 23.8 Å². The van der Waals surface area contributed by atoms with E-state index in [-0.39, 0.29) is 12.4 Å². The van der Waals surface area contributed by atoms with E-state index in [4.69, 9.17) is 9.47 Å². The Labute approximate surface area is 136 Å². The van der Waals surface area contributed by atoms with Crippen molar-refractivity contribution < 1.29 is 23.8 Å². The van der Waals surface area contributed by atoms with Crippen LogP contribution in [0.1, 0.15) is 38.0 Å². The molecular weight excluding hydrogens is 301 g/mol. The Kier molecular flexibility index (Phi) is 5.26. The van der Waals surface area contributed by atoms with E-state index in [0.29, 0.717) is 24.3 Å². The molecule has 1 aromatic rings. The van der Waals surface area contributed by atoms with Crippen molar-refractivity contribution >= 4 is 6.09 Å². The average molecular weight is 325 g/mol. The lowest BCUT2D eigenvalue weighted by Crippen LogP contribution is -2.52. The summed E-state index contributed by atoms with van der Waals surface area (Å²) in [6.45, 7) is 7.89. The molecule has 1 saturated heterocycles. The van der Waals surface area contributed by atoms with Gasteiger partial charge in [-0.15, -0.1) is 0 Å². The number of morpholine rings is 1. The number of ether oxygens (including phenoxy) is 2. The largest absolute Gasteiger partial charge is 0.444 e. The van der Waals surface area contributed by atoms with Gasteiger partial charge in [0.1, 0.15) is 17.5 Å². The standard InChI is InChI=1S/C17H24FNO4/c1-11-5-6-12(9-13(11)18)15(20)14-10-22-8-7-19(14)16(21)23-17(2,3)4/h5-6,9,14-15,20H,7-8,10H2,1-4H3. The van der Waals surface area contributed by atoms with Crippen LogP contribution in [0, 0.1) is 12.7 Å². The Hall–Kier alpha value is -1.66. The first kappa shape index (κ1) is 17.7. The molecule has 1 aliphatic heterocycles. The Morgan fingerprint density at radius 3 is 2.78 bits per heavy atom. The maximum absolute atomic E-state index is 13.7. The first-order valence-corrected chi connectivity index (χ1v) is 7.70. The van der Waals surface area contributed by atoms with Crippen molar-refractivity contribution in [2.75, 3.05) is 19.8 Å². The molecule has 2 rings (SSSR count). The van der Waals surface area contributed by atoms with E-state index in [1.165, 1.54) is 11.0 Å². The summed E-state index contributed by atoms with van der Waals surface area (Å²) in [7, 11) is 0. The number of nitrogens with zero attached hydrogens (tertiary/aromatic N) is 1. The van der Waals surface area contributed by atoms with Crippen LogP contribution in [0.4, 0.5) is 9.18 Å². The number of carbonyl (C=O) groups is 1. The smallest absolute Gasteiger partial charge is 0.410 e. The van der Waals surface area contributed by atoms with Crippen LogP contribution in [0.25, 0.3) is 0 Å². The molecule has 2 unspecified atom stereocenters. The van der Waals surface area contributed by atoms with E-state index in [2.05, 4.69) is 0 Å². The first-order chi connectivity index (χ1) is 10.7. The minimum absolute atomic E-state index is 0.176. The number of aliphatic hydroxyl groups is 1. The monoisotopic (exact) mass is 325 g/mol. The fourth-order valence-electron chi connectivity index (χ4n) is 2.45. The molecule has 0 aliphatic carbocycles. The lowest BCUT2D eigenvalue weighted by molar-refractivity contribution is -0.0673. The molecule has 1 aromatic carbocycles. The summed E-state index contributed by atoms with van der Waals surface area (Å²) in [5.74, 6) is -0.387. The molecule has 0 aromatic heterocycles. The summed E-state index contributed by atoms with van der Waals surface area (Å²) in [4.78, 5) is 13.8. The van der Waals surface area contributed by atoms with E-state index in [9.17, 15) is 14.3 Å². The number of halogens is 1. The lowest BCUT2D eigenvalue weighted by Gasteiger charge is -2.38. The second kappa shape index (κ2) is 6.84. The van der Waals surface area contributed by atoms with Crippen LogP contribution in [0.15, 0.2) is 18.2 Å². The molecule has 1 N–H and O–H groups in total. The normalized spacial score (nSPS) is 20.3. The van der Waals surface area contributed by atoms with Gasteiger partial charge in [-0.2, -0.15) is 0 Å². The molecular formula is C17H24FNO4. The summed E-state index contributed by atoms with van der Waals surface area (Å²) >= 11 is 0. The maximum Gasteiger partial charge on any atom is 0.410 e. The SMILES string of the molecule is Cc1ccc(C(O)C2COCCN2C(=O)OC(C)(C)C)cc1F. The van der Waals surface area contributed by atoms with Crippen molar-refractivity contribution in [3.8, 4) is 0 Å². The fourth-order valence-corrected chi connectivity index (χ4v) is 2.45. The maximum atomic E-state index is 13.7. The van der Waals surface area contributed by atoms with E-state index >= 15 is 0 Å². The van der Waals surface area contributed by atoms with Crippen LogP contribution in [-0.2, 0) is 9.47 Å². The molecule has 128 valence electrons. The molecule has 1 aliphatic rings. The molecule has 23 heavy (non-hydrogen) atoms. The third-order valence-corrected chi connectivity index (χ3v) is 3.70. The number of hydrogen-bond donors (Lipinski definition) is 1. The second-order valence-electron chi connectivity index (χ2n) is 6.77. The minimum atomic E-state index is -1.04. The van der Waals surface area contributed by atoms with Crippen molar-refractivity contribution in [2.45, 2.75) is 45.4 Å². The molecule has 0 saturated carbocycles. The van der Waals surface area contributed by atoms with Gasteiger partial charge >= 0.3 is 6.09 Å². The number of aliphatic hydroxyl groups excluding tert-OH is 1. The highest BCUT2D eigenvalue weighted by Crippen LogP contribution is 2.26. The van der Waals surface area contributed by atoms with Gasteiger partial charge in [-0.1, -0.05) is 12.1 Å². The van der Waals surface area contributed by atoms with E-state index in [1.807, 2.05) is 0 Å². The van der Waals surface area contributed by atoms with E-state index in [1.54, 1.807) is 39.8 Å². The number of carbonyl (C=O) groups excluding carboxylic acids is 1. The van der Waals surface area contributed by atoms with Gasteiger partial charge in [-0.05, 0) is 44.9 Å². The van der Waals surface area contributed by atoms with Gasteiger partial charge in [0.2, 0.25) is 0 Å². The molecule has 1 heterocycles. The van der Waals surface area contributed by atoms with Gasteiger partial charge in [0.15, 0.2) is 0 Å².